The summed E-state index contributed by atoms with van der Waals surface area (Å²) < 4.78 is 5.25. The van der Waals surface area contributed by atoms with Gasteiger partial charge < -0.3 is 4.74 Å². The van der Waals surface area contributed by atoms with Gasteiger partial charge in [0.05, 0.1) is 18.9 Å². The first kappa shape index (κ1) is 22.7. The Morgan fingerprint density at radius 3 is 2.26 bits per heavy atom. The van der Waals surface area contributed by atoms with Crippen molar-refractivity contribution in [1.29, 1.82) is 0 Å². The van der Waals surface area contributed by atoms with Gasteiger partial charge in [0.1, 0.15) is 5.75 Å². The minimum absolute atomic E-state index is 0.121. The van der Waals surface area contributed by atoms with Crippen molar-refractivity contribution in [2.45, 2.75) is 25.3 Å². The van der Waals surface area contributed by atoms with E-state index in [9.17, 15) is 4.79 Å². The lowest BCUT2D eigenvalue weighted by atomic mass is 9.77. The minimum atomic E-state index is -0.184. The largest absolute Gasteiger partial charge is 0.497 e. The second-order valence-electron chi connectivity index (χ2n) is 8.58. The van der Waals surface area contributed by atoms with Gasteiger partial charge in [0.2, 0.25) is 0 Å². The second kappa shape index (κ2) is 9.65. The number of benzene rings is 3. The van der Waals surface area contributed by atoms with E-state index in [2.05, 4.69) is 6.08 Å². The summed E-state index contributed by atoms with van der Waals surface area (Å²) in [4.78, 5) is 13.7. The van der Waals surface area contributed by atoms with Crippen LogP contribution in [0.4, 0.5) is 0 Å². The highest BCUT2D eigenvalue weighted by Crippen LogP contribution is 2.45. The molecule has 2 unspecified atom stereocenters. The van der Waals surface area contributed by atoms with Crippen LogP contribution in [0.3, 0.4) is 0 Å². The van der Waals surface area contributed by atoms with Gasteiger partial charge in [-0.05, 0) is 90.6 Å². The average Bonchev–Trinajstić information content (AvgIpc) is 3.26. The third-order valence-corrected chi connectivity index (χ3v) is 6.97. The Bertz CT molecular complexity index is 1250. The average molecular weight is 491 g/mol. The fourth-order valence-corrected chi connectivity index (χ4v) is 5.04. The van der Waals surface area contributed by atoms with Crippen LogP contribution < -0.4 is 4.74 Å². The molecule has 1 fully saturated rings. The highest BCUT2D eigenvalue weighted by Gasteiger charge is 2.43. The molecule has 3 aromatic carbocycles. The highest BCUT2D eigenvalue weighted by atomic mass is 35.5. The Morgan fingerprint density at radius 2 is 1.62 bits per heavy atom. The molecule has 172 valence electrons. The van der Waals surface area contributed by atoms with Crippen molar-refractivity contribution in [3.8, 4) is 5.75 Å². The first-order chi connectivity index (χ1) is 16.5. The molecular formula is C28H24Cl2N2O2. The van der Waals surface area contributed by atoms with Crippen LogP contribution in [0, 0.1) is 5.92 Å². The van der Waals surface area contributed by atoms with E-state index in [1.165, 1.54) is 5.57 Å². The topological polar surface area (TPSA) is 41.9 Å². The standard InChI is InChI=1S/C28H24Cl2N2O2/c1-34-24-15-9-20(10-16-24)28(33)32-27(19-7-13-23(30)14-8-19)25-4-2-3-21(26(25)31-32)17-18-5-11-22(29)12-6-18/h5-17,25,27H,2-4H2,1H3/b21-17-. The third-order valence-electron chi connectivity index (χ3n) is 6.47. The first-order valence-electron chi connectivity index (χ1n) is 11.3. The van der Waals surface area contributed by atoms with Crippen molar-refractivity contribution in [3.05, 3.63) is 105 Å². The minimum Gasteiger partial charge on any atom is -0.497 e. The molecule has 0 spiro atoms. The quantitative estimate of drug-likeness (QED) is 0.381. The number of hydrogen-bond acceptors (Lipinski definition) is 3. The summed E-state index contributed by atoms with van der Waals surface area (Å²) in [6.45, 7) is 0. The Labute approximate surface area is 209 Å². The lowest BCUT2D eigenvalue weighted by Gasteiger charge is -2.29. The van der Waals surface area contributed by atoms with Crippen molar-refractivity contribution >= 4 is 40.9 Å². The number of carbonyl (C=O) groups excluding carboxylic acids is 1. The number of rotatable bonds is 4. The van der Waals surface area contributed by atoms with Gasteiger partial charge in [0.25, 0.3) is 5.91 Å². The van der Waals surface area contributed by atoms with E-state index in [0.717, 1.165) is 36.1 Å². The van der Waals surface area contributed by atoms with E-state index in [1.54, 1.807) is 36.4 Å². The second-order valence-corrected chi connectivity index (χ2v) is 9.45. The molecule has 0 N–H and O–H groups in total. The summed E-state index contributed by atoms with van der Waals surface area (Å²) >= 11 is 12.2. The molecule has 0 saturated heterocycles. The highest BCUT2D eigenvalue weighted by molar-refractivity contribution is 6.30. The van der Waals surface area contributed by atoms with Crippen molar-refractivity contribution in [2.24, 2.45) is 11.0 Å². The fourth-order valence-electron chi connectivity index (χ4n) is 4.79. The zero-order chi connectivity index (χ0) is 23.7. The molecule has 2 atom stereocenters. The van der Waals surface area contributed by atoms with Crippen LogP contribution in [0.2, 0.25) is 10.0 Å². The van der Waals surface area contributed by atoms with Crippen LogP contribution in [0.1, 0.15) is 46.8 Å². The number of hydrazone groups is 1. The van der Waals surface area contributed by atoms with Crippen molar-refractivity contribution in [1.82, 2.24) is 5.01 Å². The molecule has 0 radical (unpaired) electrons. The van der Waals surface area contributed by atoms with Gasteiger partial charge in [-0.25, -0.2) is 5.01 Å². The number of nitrogens with zero attached hydrogens (tertiary/aromatic N) is 2. The number of hydrogen-bond donors (Lipinski definition) is 0. The van der Waals surface area contributed by atoms with E-state index in [1.807, 2.05) is 48.5 Å². The number of ether oxygens (including phenoxy) is 1. The molecule has 34 heavy (non-hydrogen) atoms. The van der Waals surface area contributed by atoms with Gasteiger partial charge in [0.15, 0.2) is 0 Å². The molecule has 1 heterocycles. The summed E-state index contributed by atoms with van der Waals surface area (Å²) in [5.41, 5.74) is 4.84. The molecule has 2 aliphatic rings. The van der Waals surface area contributed by atoms with Crippen LogP contribution in [-0.4, -0.2) is 23.7 Å². The normalized spacial score (nSPS) is 20.7. The maximum absolute atomic E-state index is 13.7. The Balaban J connectivity index is 1.56. The molecule has 4 nitrogen and oxygen atoms in total. The Kier molecular flexibility index (Phi) is 6.44. The SMILES string of the molecule is COc1ccc(C(=O)N2N=C3/C(=C\c4ccc(Cl)cc4)CCCC3C2c2ccc(Cl)cc2)cc1. The van der Waals surface area contributed by atoms with Crippen molar-refractivity contribution < 1.29 is 9.53 Å². The van der Waals surface area contributed by atoms with Crippen LogP contribution in [-0.2, 0) is 0 Å². The first-order valence-corrected chi connectivity index (χ1v) is 12.1. The maximum atomic E-state index is 13.7. The Morgan fingerprint density at radius 1 is 0.971 bits per heavy atom. The van der Waals surface area contributed by atoms with E-state index >= 15 is 0 Å². The fraction of sp³-hybridized carbons (Fsp3) is 0.214. The van der Waals surface area contributed by atoms with Gasteiger partial charge in [-0.15, -0.1) is 0 Å². The number of fused-ring (bicyclic) bond motifs is 1. The number of methoxy groups -OCH3 is 1. The number of carbonyl (C=O) groups is 1. The zero-order valence-corrected chi connectivity index (χ0v) is 20.3. The zero-order valence-electron chi connectivity index (χ0n) is 18.7. The summed E-state index contributed by atoms with van der Waals surface area (Å²) in [7, 11) is 1.61. The van der Waals surface area contributed by atoms with Crippen LogP contribution in [0.5, 0.6) is 5.75 Å². The van der Waals surface area contributed by atoms with E-state index in [4.69, 9.17) is 33.0 Å². The lowest BCUT2D eigenvalue weighted by molar-refractivity contribution is 0.0681. The van der Waals surface area contributed by atoms with E-state index in [-0.39, 0.29) is 17.9 Å². The van der Waals surface area contributed by atoms with E-state index in [0.29, 0.717) is 21.4 Å². The van der Waals surface area contributed by atoms with Crippen LogP contribution in [0.25, 0.3) is 6.08 Å². The molecule has 0 aromatic heterocycles. The molecule has 1 amide bonds. The molecule has 3 aromatic rings. The summed E-state index contributed by atoms with van der Waals surface area (Å²) in [6, 6.07) is 22.5. The van der Waals surface area contributed by atoms with Gasteiger partial charge in [-0.2, -0.15) is 5.10 Å². The lowest BCUT2D eigenvalue weighted by Crippen LogP contribution is -2.31. The van der Waals surface area contributed by atoms with Gasteiger partial charge in [-0.3, -0.25) is 4.79 Å². The predicted octanol–water partition coefficient (Wildman–Crippen LogP) is 7.44. The van der Waals surface area contributed by atoms with Crippen LogP contribution >= 0.6 is 23.2 Å². The predicted molar refractivity (Wildman–Crippen MR) is 138 cm³/mol. The summed E-state index contributed by atoms with van der Waals surface area (Å²) in [5, 5.41) is 7.98. The summed E-state index contributed by atoms with van der Waals surface area (Å²) in [6.07, 6.45) is 5.10. The monoisotopic (exact) mass is 490 g/mol. The van der Waals surface area contributed by atoms with Gasteiger partial charge in [-0.1, -0.05) is 47.5 Å². The molecule has 1 aliphatic heterocycles. The van der Waals surface area contributed by atoms with E-state index < -0.39 is 0 Å². The molecule has 0 bridgehead atoms. The van der Waals surface area contributed by atoms with Gasteiger partial charge >= 0.3 is 0 Å². The van der Waals surface area contributed by atoms with Crippen molar-refractivity contribution in [2.75, 3.05) is 7.11 Å². The summed E-state index contributed by atoms with van der Waals surface area (Å²) in [5.74, 6) is 0.700. The number of allylic oxidation sites excluding steroid dienone is 1. The number of amides is 1. The molecule has 1 saturated carbocycles. The van der Waals surface area contributed by atoms with Gasteiger partial charge in [0, 0.05) is 21.5 Å². The molecule has 6 heteroatoms. The molecular weight excluding hydrogens is 467 g/mol. The smallest absolute Gasteiger partial charge is 0.274 e. The Hall–Kier alpha value is -3.08. The molecule has 5 rings (SSSR count). The van der Waals surface area contributed by atoms with Crippen molar-refractivity contribution in [3.63, 3.8) is 0 Å². The molecule has 1 aliphatic carbocycles. The number of halogens is 2. The third kappa shape index (κ3) is 4.48. The maximum Gasteiger partial charge on any atom is 0.274 e. The van der Waals surface area contributed by atoms with Crippen LogP contribution in [0.15, 0.2) is 83.5 Å².